The molecule has 5 heteroatoms. The zero-order valence-electron chi connectivity index (χ0n) is 8.90. The molecule has 0 aliphatic carbocycles. The van der Waals surface area contributed by atoms with Crippen molar-refractivity contribution in [1.29, 1.82) is 0 Å². The summed E-state index contributed by atoms with van der Waals surface area (Å²) in [4.78, 5) is 1.33. The molecule has 2 heterocycles. The van der Waals surface area contributed by atoms with Gasteiger partial charge in [0, 0.05) is 30.4 Å². The Morgan fingerprint density at radius 1 is 1.38 bits per heavy atom. The summed E-state index contributed by atoms with van der Waals surface area (Å²) in [5, 5.41) is 7.52. The first-order valence-electron chi connectivity index (χ1n) is 5.27. The van der Waals surface area contributed by atoms with Crippen LogP contribution in [0.4, 0.5) is 0 Å². The average molecular weight is 256 g/mol. The Kier molecular flexibility index (Phi) is 4.39. The van der Waals surface area contributed by atoms with Crippen LogP contribution in [0.5, 0.6) is 0 Å². The lowest BCUT2D eigenvalue weighted by Crippen LogP contribution is -2.22. The molecule has 0 fully saturated rings. The van der Waals surface area contributed by atoms with Crippen molar-refractivity contribution < 1.29 is 0 Å². The second-order valence-electron chi connectivity index (χ2n) is 3.47. The summed E-state index contributed by atoms with van der Waals surface area (Å²) < 4.78 is 2.79. The summed E-state index contributed by atoms with van der Waals surface area (Å²) in [5.41, 5.74) is 0. The summed E-state index contributed by atoms with van der Waals surface area (Å²) in [6.45, 7) is 2.84. The van der Waals surface area contributed by atoms with Gasteiger partial charge in [0.1, 0.15) is 0 Å². The van der Waals surface area contributed by atoms with Crippen molar-refractivity contribution in [3.05, 3.63) is 39.8 Å². The van der Waals surface area contributed by atoms with Crippen molar-refractivity contribution in [2.24, 2.45) is 0 Å². The monoisotopic (exact) mass is 255 g/mol. The van der Waals surface area contributed by atoms with Gasteiger partial charge in [-0.1, -0.05) is 11.6 Å². The SMILES string of the molecule is Clc1ccc(CCNCCn2cccn2)s1. The van der Waals surface area contributed by atoms with Gasteiger partial charge in [-0.15, -0.1) is 11.3 Å². The van der Waals surface area contributed by atoms with Crippen LogP contribution in [0.2, 0.25) is 4.34 Å². The molecule has 86 valence electrons. The number of halogens is 1. The van der Waals surface area contributed by atoms with Crippen molar-refractivity contribution in [3.8, 4) is 0 Å². The molecule has 3 nitrogen and oxygen atoms in total. The number of nitrogens with one attached hydrogen (secondary N) is 1. The van der Waals surface area contributed by atoms with Crippen molar-refractivity contribution >= 4 is 22.9 Å². The predicted octanol–water partition coefficient (Wildman–Crippen LogP) is 2.43. The van der Waals surface area contributed by atoms with Crippen LogP contribution in [-0.4, -0.2) is 22.9 Å². The van der Waals surface area contributed by atoms with Crippen LogP contribution in [0.3, 0.4) is 0 Å². The zero-order valence-corrected chi connectivity index (χ0v) is 10.5. The molecule has 2 rings (SSSR count). The smallest absolute Gasteiger partial charge is 0.0931 e. The largest absolute Gasteiger partial charge is 0.315 e. The fourth-order valence-electron chi connectivity index (χ4n) is 1.45. The Hall–Kier alpha value is -0.840. The number of rotatable bonds is 6. The molecule has 0 saturated heterocycles. The van der Waals surface area contributed by atoms with Crippen molar-refractivity contribution in [2.75, 3.05) is 13.1 Å². The lowest BCUT2D eigenvalue weighted by molar-refractivity contribution is 0.557. The van der Waals surface area contributed by atoms with Gasteiger partial charge in [0.25, 0.3) is 0 Å². The van der Waals surface area contributed by atoms with Crippen LogP contribution in [0.1, 0.15) is 4.88 Å². The van der Waals surface area contributed by atoms with E-state index in [9.17, 15) is 0 Å². The quantitative estimate of drug-likeness (QED) is 0.804. The Morgan fingerprint density at radius 2 is 2.31 bits per heavy atom. The first-order valence-corrected chi connectivity index (χ1v) is 6.46. The molecule has 0 amide bonds. The van der Waals surface area contributed by atoms with Gasteiger partial charge in [-0.25, -0.2) is 0 Å². The van der Waals surface area contributed by atoms with Crippen molar-refractivity contribution in [1.82, 2.24) is 15.1 Å². The highest BCUT2D eigenvalue weighted by Crippen LogP contribution is 2.21. The molecular formula is C11H14ClN3S. The first-order chi connectivity index (χ1) is 7.84. The van der Waals surface area contributed by atoms with Gasteiger partial charge in [0.2, 0.25) is 0 Å². The highest BCUT2D eigenvalue weighted by atomic mass is 35.5. The van der Waals surface area contributed by atoms with E-state index < -0.39 is 0 Å². The standard InChI is InChI=1S/C11H14ClN3S/c12-11-3-2-10(16-11)4-6-13-7-9-15-8-1-5-14-15/h1-3,5,8,13H,4,6-7,9H2. The molecule has 0 spiro atoms. The Balaban J connectivity index is 1.59. The zero-order chi connectivity index (χ0) is 11.2. The van der Waals surface area contributed by atoms with Crippen LogP contribution < -0.4 is 5.32 Å². The number of thiophene rings is 1. The van der Waals surface area contributed by atoms with E-state index in [1.807, 2.05) is 23.0 Å². The average Bonchev–Trinajstić information content (AvgIpc) is 2.89. The molecule has 0 aliphatic heterocycles. The van der Waals surface area contributed by atoms with E-state index >= 15 is 0 Å². The fraction of sp³-hybridized carbons (Fsp3) is 0.364. The van der Waals surface area contributed by atoms with Gasteiger partial charge in [-0.2, -0.15) is 5.10 Å². The molecule has 16 heavy (non-hydrogen) atoms. The molecule has 0 atom stereocenters. The summed E-state index contributed by atoms with van der Waals surface area (Å²) in [7, 11) is 0. The number of hydrogen-bond donors (Lipinski definition) is 1. The maximum absolute atomic E-state index is 5.85. The van der Waals surface area contributed by atoms with Crippen molar-refractivity contribution in [3.63, 3.8) is 0 Å². The van der Waals surface area contributed by atoms with Gasteiger partial charge in [0.05, 0.1) is 10.9 Å². The third-order valence-electron chi connectivity index (χ3n) is 2.25. The second-order valence-corrected chi connectivity index (χ2v) is 5.27. The minimum Gasteiger partial charge on any atom is -0.315 e. The molecule has 0 aromatic carbocycles. The molecular weight excluding hydrogens is 242 g/mol. The van der Waals surface area contributed by atoms with E-state index in [0.717, 1.165) is 30.4 Å². The highest BCUT2D eigenvalue weighted by Gasteiger charge is 1.97. The summed E-state index contributed by atoms with van der Waals surface area (Å²) >= 11 is 7.51. The minimum atomic E-state index is 0.867. The van der Waals surface area contributed by atoms with Gasteiger partial charge in [-0.05, 0) is 24.6 Å². The summed E-state index contributed by atoms with van der Waals surface area (Å²) in [6.07, 6.45) is 4.81. The molecule has 1 N–H and O–H groups in total. The first kappa shape index (κ1) is 11.6. The highest BCUT2D eigenvalue weighted by molar-refractivity contribution is 7.16. The molecule has 0 aliphatic rings. The Bertz CT molecular complexity index is 411. The van der Waals surface area contributed by atoms with Crippen LogP contribution >= 0.6 is 22.9 Å². The van der Waals surface area contributed by atoms with E-state index in [-0.39, 0.29) is 0 Å². The molecule has 0 saturated carbocycles. The maximum Gasteiger partial charge on any atom is 0.0931 e. The molecule has 0 bridgehead atoms. The summed E-state index contributed by atoms with van der Waals surface area (Å²) in [5.74, 6) is 0. The molecule has 0 unspecified atom stereocenters. The molecule has 2 aromatic rings. The fourth-order valence-corrected chi connectivity index (χ4v) is 2.54. The topological polar surface area (TPSA) is 29.9 Å². The Labute approximate surface area is 104 Å². The van der Waals surface area contributed by atoms with Crippen LogP contribution in [0.25, 0.3) is 0 Å². The lowest BCUT2D eigenvalue weighted by atomic mass is 10.3. The lowest BCUT2D eigenvalue weighted by Gasteiger charge is -2.03. The van der Waals surface area contributed by atoms with E-state index in [1.165, 1.54) is 4.88 Å². The normalized spacial score (nSPS) is 10.8. The third-order valence-corrected chi connectivity index (χ3v) is 3.54. The van der Waals surface area contributed by atoms with Crippen LogP contribution in [0.15, 0.2) is 30.6 Å². The van der Waals surface area contributed by atoms with Gasteiger partial charge >= 0.3 is 0 Å². The van der Waals surface area contributed by atoms with Crippen molar-refractivity contribution in [2.45, 2.75) is 13.0 Å². The van der Waals surface area contributed by atoms with E-state index in [0.29, 0.717) is 0 Å². The van der Waals surface area contributed by atoms with Crippen LogP contribution in [-0.2, 0) is 13.0 Å². The molecule has 2 aromatic heterocycles. The maximum atomic E-state index is 5.85. The minimum absolute atomic E-state index is 0.867. The van der Waals surface area contributed by atoms with Crippen LogP contribution in [0, 0.1) is 0 Å². The Morgan fingerprint density at radius 3 is 3.00 bits per heavy atom. The summed E-state index contributed by atoms with van der Waals surface area (Å²) in [6, 6.07) is 5.97. The van der Waals surface area contributed by atoms with E-state index in [1.54, 1.807) is 17.5 Å². The third kappa shape index (κ3) is 3.63. The van der Waals surface area contributed by atoms with Gasteiger partial charge in [-0.3, -0.25) is 4.68 Å². The van der Waals surface area contributed by atoms with E-state index in [4.69, 9.17) is 11.6 Å². The number of hydrogen-bond acceptors (Lipinski definition) is 3. The van der Waals surface area contributed by atoms with Gasteiger partial charge < -0.3 is 5.32 Å². The predicted molar refractivity (Wildman–Crippen MR) is 68.1 cm³/mol. The number of nitrogens with zero attached hydrogens (tertiary/aromatic N) is 2. The van der Waals surface area contributed by atoms with Gasteiger partial charge in [0.15, 0.2) is 0 Å². The number of aromatic nitrogens is 2. The second kappa shape index (κ2) is 6.03. The molecule has 0 radical (unpaired) electrons. The van der Waals surface area contributed by atoms with E-state index in [2.05, 4.69) is 16.5 Å².